The van der Waals surface area contributed by atoms with E-state index < -0.39 is 0 Å². The zero-order valence-corrected chi connectivity index (χ0v) is 16.6. The molecule has 1 aliphatic heterocycles. The van der Waals surface area contributed by atoms with E-state index in [-0.39, 0.29) is 17.9 Å². The maximum atomic E-state index is 14.5. The van der Waals surface area contributed by atoms with E-state index in [0.717, 1.165) is 35.9 Å². The van der Waals surface area contributed by atoms with Crippen molar-refractivity contribution in [3.8, 4) is 5.69 Å². The van der Waals surface area contributed by atoms with Crippen LogP contribution in [-0.2, 0) is 0 Å². The van der Waals surface area contributed by atoms with E-state index in [1.165, 1.54) is 6.07 Å². The number of nitrogens with one attached hydrogen (secondary N) is 1. The molecule has 2 atom stereocenters. The van der Waals surface area contributed by atoms with Gasteiger partial charge in [0.15, 0.2) is 5.11 Å². The van der Waals surface area contributed by atoms with Gasteiger partial charge in [-0.3, -0.25) is 4.98 Å². The van der Waals surface area contributed by atoms with E-state index >= 15 is 0 Å². The van der Waals surface area contributed by atoms with Crippen LogP contribution in [0.5, 0.6) is 0 Å². The molecule has 4 rings (SSSR count). The molecule has 0 unspecified atom stereocenters. The van der Waals surface area contributed by atoms with Gasteiger partial charge in [-0.05, 0) is 55.0 Å². The lowest BCUT2D eigenvalue weighted by Gasteiger charge is -2.29. The number of pyridine rings is 1. The average molecular weight is 395 g/mol. The summed E-state index contributed by atoms with van der Waals surface area (Å²) < 4.78 is 16.4. The van der Waals surface area contributed by atoms with Gasteiger partial charge in [-0.1, -0.05) is 31.5 Å². The molecule has 1 aliphatic rings. The third-order valence-corrected chi connectivity index (χ3v) is 5.50. The number of aromatic nitrogens is 2. The highest BCUT2D eigenvalue weighted by molar-refractivity contribution is 7.80. The van der Waals surface area contributed by atoms with Gasteiger partial charge < -0.3 is 14.8 Å². The van der Waals surface area contributed by atoms with E-state index in [2.05, 4.69) is 22.1 Å². The average Bonchev–Trinajstić information content (AvgIpc) is 3.31. The Hall–Kier alpha value is -2.73. The number of halogens is 1. The lowest BCUT2D eigenvalue weighted by Crippen LogP contribution is -2.31. The topological polar surface area (TPSA) is 33.1 Å². The number of hydrogen-bond donors (Lipinski definition) is 1. The van der Waals surface area contributed by atoms with Gasteiger partial charge in [-0.15, -0.1) is 0 Å². The van der Waals surface area contributed by atoms with Gasteiger partial charge in [0.2, 0.25) is 0 Å². The molecule has 2 aromatic heterocycles. The van der Waals surface area contributed by atoms with Gasteiger partial charge >= 0.3 is 0 Å². The van der Waals surface area contributed by atoms with Crippen molar-refractivity contribution in [1.82, 2.24) is 19.8 Å². The number of para-hydroxylation sites is 1. The van der Waals surface area contributed by atoms with E-state index in [4.69, 9.17) is 12.2 Å². The largest absolute Gasteiger partial charge is 0.352 e. The summed E-state index contributed by atoms with van der Waals surface area (Å²) in [4.78, 5) is 6.77. The SMILES string of the molecule is CCCCN1C(=S)N[C@@H](c2ccccn2)[C@@H]1c1cccn1-c1ccccc1F. The molecule has 1 fully saturated rings. The van der Waals surface area contributed by atoms with E-state index in [0.29, 0.717) is 5.69 Å². The van der Waals surface area contributed by atoms with Gasteiger partial charge in [-0.25, -0.2) is 4.39 Å². The molecule has 1 saturated heterocycles. The van der Waals surface area contributed by atoms with Crippen molar-refractivity contribution in [2.45, 2.75) is 31.8 Å². The monoisotopic (exact) mass is 394 g/mol. The minimum atomic E-state index is -0.247. The molecule has 1 aromatic carbocycles. The van der Waals surface area contributed by atoms with Crippen molar-refractivity contribution in [3.05, 3.63) is 84.2 Å². The number of benzene rings is 1. The van der Waals surface area contributed by atoms with E-state index in [9.17, 15) is 4.39 Å². The normalized spacial score (nSPS) is 19.1. The van der Waals surface area contributed by atoms with Crippen molar-refractivity contribution in [2.24, 2.45) is 0 Å². The highest BCUT2D eigenvalue weighted by Crippen LogP contribution is 2.39. The Morgan fingerprint density at radius 2 is 1.93 bits per heavy atom. The van der Waals surface area contributed by atoms with Crippen LogP contribution in [0.2, 0.25) is 0 Å². The summed E-state index contributed by atoms with van der Waals surface area (Å²) in [5.41, 5.74) is 2.45. The van der Waals surface area contributed by atoms with Crippen molar-refractivity contribution in [2.75, 3.05) is 6.54 Å². The fourth-order valence-electron chi connectivity index (χ4n) is 3.80. The molecule has 6 heteroatoms. The number of thiocarbonyl (C=S) groups is 1. The Kier molecular flexibility index (Phi) is 5.39. The highest BCUT2D eigenvalue weighted by atomic mass is 32.1. The summed E-state index contributed by atoms with van der Waals surface area (Å²) in [6.45, 7) is 3.01. The first-order valence-electron chi connectivity index (χ1n) is 9.61. The lowest BCUT2D eigenvalue weighted by molar-refractivity contribution is 0.304. The van der Waals surface area contributed by atoms with Crippen LogP contribution in [0.3, 0.4) is 0 Å². The van der Waals surface area contributed by atoms with Crippen LogP contribution in [0.15, 0.2) is 67.0 Å². The molecule has 3 aromatic rings. The fraction of sp³-hybridized carbons (Fsp3) is 0.273. The van der Waals surface area contributed by atoms with Gasteiger partial charge in [0.25, 0.3) is 0 Å². The van der Waals surface area contributed by atoms with Gasteiger partial charge in [-0.2, -0.15) is 0 Å². The first-order valence-corrected chi connectivity index (χ1v) is 10.0. The summed E-state index contributed by atoms with van der Waals surface area (Å²) in [5, 5.41) is 4.17. The molecular formula is C22H23FN4S. The molecule has 0 aliphatic carbocycles. The number of rotatable bonds is 6. The number of nitrogens with zero attached hydrogens (tertiary/aromatic N) is 3. The van der Waals surface area contributed by atoms with Crippen LogP contribution >= 0.6 is 12.2 Å². The van der Waals surface area contributed by atoms with Crippen LogP contribution in [0, 0.1) is 5.82 Å². The summed E-state index contributed by atoms with van der Waals surface area (Å²) in [7, 11) is 0. The maximum absolute atomic E-state index is 14.5. The van der Waals surface area contributed by atoms with E-state index in [1.807, 2.05) is 47.2 Å². The molecule has 3 heterocycles. The Morgan fingerprint density at radius 1 is 1.11 bits per heavy atom. The Bertz CT molecular complexity index is 956. The standard InChI is InChI=1S/C22H23FN4S/c1-2-3-14-27-21(20(25-22(27)28)17-10-6-7-13-24-17)19-12-8-15-26(19)18-11-5-4-9-16(18)23/h4-13,15,20-21H,2-3,14H2,1H3,(H,25,28)/t20-,21-/m0/s1. The molecular weight excluding hydrogens is 371 g/mol. The van der Waals surface area contributed by atoms with Gasteiger partial charge in [0.05, 0.1) is 23.5 Å². The second-order valence-electron chi connectivity index (χ2n) is 6.93. The predicted octanol–water partition coefficient (Wildman–Crippen LogP) is 4.78. The first-order chi connectivity index (χ1) is 13.7. The minimum absolute atomic E-state index is 0.0662. The Morgan fingerprint density at radius 3 is 2.68 bits per heavy atom. The molecule has 0 saturated carbocycles. The number of unbranched alkanes of at least 4 members (excludes halogenated alkanes) is 1. The molecule has 1 N–H and O–H groups in total. The van der Waals surface area contributed by atoms with Crippen LogP contribution in [0.4, 0.5) is 4.39 Å². The third-order valence-electron chi connectivity index (χ3n) is 5.15. The van der Waals surface area contributed by atoms with Gasteiger partial charge in [0.1, 0.15) is 5.82 Å². The second-order valence-corrected chi connectivity index (χ2v) is 7.31. The van der Waals surface area contributed by atoms with Crippen molar-refractivity contribution >= 4 is 17.3 Å². The molecule has 0 amide bonds. The van der Waals surface area contributed by atoms with Crippen molar-refractivity contribution < 1.29 is 4.39 Å². The van der Waals surface area contributed by atoms with Crippen LogP contribution in [0.25, 0.3) is 5.69 Å². The minimum Gasteiger partial charge on any atom is -0.352 e. The quantitative estimate of drug-likeness (QED) is 0.610. The Balaban J connectivity index is 1.81. The van der Waals surface area contributed by atoms with Crippen LogP contribution < -0.4 is 5.32 Å². The zero-order valence-electron chi connectivity index (χ0n) is 15.8. The third kappa shape index (κ3) is 3.40. The van der Waals surface area contributed by atoms with Gasteiger partial charge in [0, 0.05) is 24.6 Å². The summed E-state index contributed by atoms with van der Waals surface area (Å²) in [5.74, 6) is -0.247. The van der Waals surface area contributed by atoms with E-state index in [1.54, 1.807) is 18.3 Å². The molecule has 144 valence electrons. The van der Waals surface area contributed by atoms with Crippen LogP contribution in [-0.4, -0.2) is 26.1 Å². The van der Waals surface area contributed by atoms with Crippen LogP contribution in [0.1, 0.15) is 43.2 Å². The summed E-state index contributed by atoms with van der Waals surface area (Å²) in [6.07, 6.45) is 5.81. The summed E-state index contributed by atoms with van der Waals surface area (Å²) >= 11 is 5.67. The zero-order chi connectivity index (χ0) is 19.5. The first kappa shape index (κ1) is 18.6. The second kappa shape index (κ2) is 8.10. The fourth-order valence-corrected chi connectivity index (χ4v) is 4.13. The molecule has 0 bridgehead atoms. The molecule has 0 radical (unpaired) electrons. The molecule has 0 spiro atoms. The maximum Gasteiger partial charge on any atom is 0.170 e. The van der Waals surface area contributed by atoms with Crippen molar-refractivity contribution in [3.63, 3.8) is 0 Å². The molecule has 4 nitrogen and oxygen atoms in total. The smallest absolute Gasteiger partial charge is 0.170 e. The van der Waals surface area contributed by atoms with Crippen molar-refractivity contribution in [1.29, 1.82) is 0 Å². The Labute approximate surface area is 170 Å². The lowest BCUT2D eigenvalue weighted by atomic mass is 10.0. The summed E-state index contributed by atoms with van der Waals surface area (Å²) in [6, 6.07) is 16.6. The number of hydrogen-bond acceptors (Lipinski definition) is 2. The molecule has 28 heavy (non-hydrogen) atoms. The predicted molar refractivity (Wildman–Crippen MR) is 113 cm³/mol. The highest BCUT2D eigenvalue weighted by Gasteiger charge is 2.40.